The molecule has 1 aromatic heterocycles. The maximum absolute atomic E-state index is 12.6. The van der Waals surface area contributed by atoms with Crippen LogP contribution in [0.4, 0.5) is 11.5 Å². The molecule has 2 N–H and O–H groups in total. The van der Waals surface area contributed by atoms with Crippen LogP contribution in [0.15, 0.2) is 59.5 Å². The van der Waals surface area contributed by atoms with Crippen LogP contribution < -0.4 is 14.8 Å². The third kappa shape index (κ3) is 5.91. The fraction of sp³-hybridized carbons (Fsp3) is 0.150. The molecule has 8 nitrogen and oxygen atoms in total. The van der Waals surface area contributed by atoms with E-state index < -0.39 is 15.9 Å². The number of anilines is 2. The number of hydrogen-bond acceptors (Lipinski definition) is 6. The predicted molar refractivity (Wildman–Crippen MR) is 114 cm³/mol. The number of carbonyl (C=O) groups is 1. The van der Waals surface area contributed by atoms with Crippen molar-refractivity contribution < 1.29 is 17.9 Å². The lowest BCUT2D eigenvalue weighted by atomic mass is 10.3. The molecule has 0 spiro atoms. The summed E-state index contributed by atoms with van der Waals surface area (Å²) in [7, 11) is -3.83. The van der Waals surface area contributed by atoms with Gasteiger partial charge in [0.2, 0.25) is 0 Å². The van der Waals surface area contributed by atoms with Crippen molar-refractivity contribution >= 4 is 39.0 Å². The quantitative estimate of drug-likeness (QED) is 0.574. The van der Waals surface area contributed by atoms with E-state index in [2.05, 4.69) is 20.0 Å². The summed E-state index contributed by atoms with van der Waals surface area (Å²) < 4.78 is 32.9. The molecule has 0 aliphatic heterocycles. The zero-order chi connectivity index (χ0) is 21.7. The standard InChI is InChI=1S/C20H19ClN4O4S/c1-13-10-19(23-14(2)22-13)25-30(27,28)18-8-6-16(7-9-18)24-20(26)12-29-17-5-3-4-15(21)11-17/h3-11H,12H2,1-2H3,(H,24,26)(H,22,23,25). The summed E-state index contributed by atoms with van der Waals surface area (Å²) in [6.45, 7) is 3.22. The zero-order valence-corrected chi connectivity index (χ0v) is 17.8. The Morgan fingerprint density at radius 1 is 1.07 bits per heavy atom. The highest BCUT2D eigenvalue weighted by Crippen LogP contribution is 2.19. The molecule has 0 atom stereocenters. The van der Waals surface area contributed by atoms with Gasteiger partial charge in [0.25, 0.3) is 15.9 Å². The number of nitrogens with zero attached hydrogens (tertiary/aromatic N) is 2. The topological polar surface area (TPSA) is 110 Å². The molecule has 3 aromatic rings. The molecular weight excluding hydrogens is 428 g/mol. The normalized spacial score (nSPS) is 11.0. The first-order valence-corrected chi connectivity index (χ1v) is 10.7. The lowest BCUT2D eigenvalue weighted by Crippen LogP contribution is -2.20. The van der Waals surface area contributed by atoms with Crippen molar-refractivity contribution in [3.8, 4) is 5.75 Å². The molecule has 0 unspecified atom stereocenters. The van der Waals surface area contributed by atoms with E-state index in [1.54, 1.807) is 44.2 Å². The molecule has 0 saturated heterocycles. The highest BCUT2D eigenvalue weighted by atomic mass is 35.5. The van der Waals surface area contributed by atoms with Crippen LogP contribution in [-0.4, -0.2) is 30.9 Å². The second-order valence-electron chi connectivity index (χ2n) is 6.37. The van der Waals surface area contributed by atoms with E-state index in [0.717, 1.165) is 0 Å². The van der Waals surface area contributed by atoms with Crippen LogP contribution in [-0.2, 0) is 14.8 Å². The number of benzene rings is 2. The van der Waals surface area contributed by atoms with Crippen LogP contribution >= 0.6 is 11.6 Å². The molecule has 0 saturated carbocycles. The predicted octanol–water partition coefficient (Wildman–Crippen LogP) is 3.57. The van der Waals surface area contributed by atoms with Gasteiger partial charge in [-0.05, 0) is 56.3 Å². The Balaban J connectivity index is 1.61. The molecule has 1 amide bonds. The molecule has 1 heterocycles. The van der Waals surface area contributed by atoms with Crippen LogP contribution in [0.3, 0.4) is 0 Å². The average Bonchev–Trinajstić information content (AvgIpc) is 2.66. The number of halogens is 1. The summed E-state index contributed by atoms with van der Waals surface area (Å²) in [5.41, 5.74) is 1.08. The number of carbonyl (C=O) groups excluding carboxylic acids is 1. The number of nitrogens with one attached hydrogen (secondary N) is 2. The number of hydrogen-bond donors (Lipinski definition) is 2. The third-order valence-corrected chi connectivity index (χ3v) is 5.43. The fourth-order valence-electron chi connectivity index (χ4n) is 2.59. The molecule has 0 fully saturated rings. The molecule has 3 rings (SSSR count). The summed E-state index contributed by atoms with van der Waals surface area (Å²) in [5, 5.41) is 3.14. The summed E-state index contributed by atoms with van der Waals surface area (Å²) >= 11 is 5.87. The minimum absolute atomic E-state index is 0.0320. The van der Waals surface area contributed by atoms with Crippen molar-refractivity contribution in [3.63, 3.8) is 0 Å². The van der Waals surface area contributed by atoms with Crippen molar-refractivity contribution in [2.75, 3.05) is 16.6 Å². The van der Waals surface area contributed by atoms with Crippen LogP contribution in [0.25, 0.3) is 0 Å². The van der Waals surface area contributed by atoms with Gasteiger partial charge in [0.15, 0.2) is 6.61 Å². The largest absolute Gasteiger partial charge is 0.484 e. The van der Waals surface area contributed by atoms with Crippen molar-refractivity contribution in [3.05, 3.63) is 71.1 Å². The second kappa shape index (κ2) is 9.10. The van der Waals surface area contributed by atoms with Crippen LogP contribution in [0.2, 0.25) is 5.02 Å². The van der Waals surface area contributed by atoms with Gasteiger partial charge in [0, 0.05) is 22.5 Å². The number of aryl methyl sites for hydroxylation is 2. The first-order chi connectivity index (χ1) is 14.2. The molecule has 10 heteroatoms. The molecule has 156 valence electrons. The first-order valence-electron chi connectivity index (χ1n) is 8.85. The number of amides is 1. The van der Waals surface area contributed by atoms with Crippen LogP contribution in [0.1, 0.15) is 11.5 Å². The number of aromatic nitrogens is 2. The van der Waals surface area contributed by atoms with Crippen LogP contribution in [0, 0.1) is 13.8 Å². The highest BCUT2D eigenvalue weighted by molar-refractivity contribution is 7.92. The minimum atomic E-state index is -3.83. The maximum atomic E-state index is 12.6. The van der Waals surface area contributed by atoms with E-state index >= 15 is 0 Å². The molecule has 0 bridgehead atoms. The van der Waals surface area contributed by atoms with E-state index in [4.69, 9.17) is 16.3 Å². The number of ether oxygens (including phenoxy) is 1. The second-order valence-corrected chi connectivity index (χ2v) is 8.48. The van der Waals surface area contributed by atoms with Gasteiger partial charge in [-0.25, -0.2) is 18.4 Å². The highest BCUT2D eigenvalue weighted by Gasteiger charge is 2.16. The van der Waals surface area contributed by atoms with Gasteiger partial charge in [-0.3, -0.25) is 9.52 Å². The Morgan fingerprint density at radius 3 is 2.47 bits per heavy atom. The minimum Gasteiger partial charge on any atom is -0.484 e. The molecule has 2 aromatic carbocycles. The lowest BCUT2D eigenvalue weighted by molar-refractivity contribution is -0.118. The van der Waals surface area contributed by atoms with E-state index in [1.165, 1.54) is 24.3 Å². The third-order valence-electron chi connectivity index (χ3n) is 3.82. The lowest BCUT2D eigenvalue weighted by Gasteiger charge is -2.10. The van der Waals surface area contributed by atoms with E-state index in [-0.39, 0.29) is 17.3 Å². The van der Waals surface area contributed by atoms with Gasteiger partial charge in [-0.2, -0.15) is 0 Å². The summed E-state index contributed by atoms with van der Waals surface area (Å²) in [4.78, 5) is 20.3. The van der Waals surface area contributed by atoms with Gasteiger partial charge in [0.1, 0.15) is 17.4 Å². The Labute approximate surface area is 179 Å². The first kappa shape index (κ1) is 21.5. The van der Waals surface area contributed by atoms with Crippen molar-refractivity contribution in [2.45, 2.75) is 18.7 Å². The van der Waals surface area contributed by atoms with Gasteiger partial charge in [-0.15, -0.1) is 0 Å². The Morgan fingerprint density at radius 2 is 1.80 bits per heavy atom. The molecular formula is C20H19ClN4O4S. The van der Waals surface area contributed by atoms with Gasteiger partial charge >= 0.3 is 0 Å². The zero-order valence-electron chi connectivity index (χ0n) is 16.2. The van der Waals surface area contributed by atoms with Crippen molar-refractivity contribution in [1.82, 2.24) is 9.97 Å². The van der Waals surface area contributed by atoms with E-state index in [1.807, 2.05) is 0 Å². The summed E-state index contributed by atoms with van der Waals surface area (Å²) in [5.74, 6) is 0.734. The van der Waals surface area contributed by atoms with Gasteiger partial charge in [-0.1, -0.05) is 17.7 Å². The Bertz CT molecular complexity index is 1150. The van der Waals surface area contributed by atoms with Gasteiger partial charge < -0.3 is 10.1 Å². The number of rotatable bonds is 7. The molecule has 0 aliphatic carbocycles. The maximum Gasteiger partial charge on any atom is 0.263 e. The van der Waals surface area contributed by atoms with E-state index in [0.29, 0.717) is 28.0 Å². The van der Waals surface area contributed by atoms with Crippen molar-refractivity contribution in [2.24, 2.45) is 0 Å². The summed E-state index contributed by atoms with van der Waals surface area (Å²) in [6.07, 6.45) is 0. The fourth-order valence-corrected chi connectivity index (χ4v) is 3.76. The van der Waals surface area contributed by atoms with Crippen LogP contribution in [0.5, 0.6) is 5.75 Å². The molecule has 30 heavy (non-hydrogen) atoms. The number of sulfonamides is 1. The van der Waals surface area contributed by atoms with Crippen molar-refractivity contribution in [1.29, 1.82) is 0 Å². The van der Waals surface area contributed by atoms with E-state index in [9.17, 15) is 13.2 Å². The smallest absolute Gasteiger partial charge is 0.263 e. The van der Waals surface area contributed by atoms with Gasteiger partial charge in [0.05, 0.1) is 4.90 Å². The Kier molecular flexibility index (Phi) is 6.53. The monoisotopic (exact) mass is 446 g/mol. The summed E-state index contributed by atoms with van der Waals surface area (Å²) in [6, 6.07) is 14.0. The Hall–Kier alpha value is -3.17. The molecule has 0 radical (unpaired) electrons. The SMILES string of the molecule is Cc1cc(NS(=O)(=O)c2ccc(NC(=O)COc3cccc(Cl)c3)cc2)nc(C)n1. The average molecular weight is 447 g/mol. The molecule has 0 aliphatic rings.